The molecule has 0 amide bonds. The van der Waals surface area contributed by atoms with E-state index in [1.807, 2.05) is 6.07 Å². The third-order valence-electron chi connectivity index (χ3n) is 5.01. The van der Waals surface area contributed by atoms with Gasteiger partial charge in [-0.1, -0.05) is 41.9 Å². The van der Waals surface area contributed by atoms with Crippen molar-refractivity contribution in [2.75, 3.05) is 26.2 Å². The van der Waals surface area contributed by atoms with E-state index in [9.17, 15) is 9.90 Å². The summed E-state index contributed by atoms with van der Waals surface area (Å²) in [5, 5.41) is 10.8. The second-order valence-corrected chi connectivity index (χ2v) is 7.34. The number of hydrogen-bond donors (Lipinski definition) is 1. The van der Waals surface area contributed by atoms with Crippen LogP contribution >= 0.6 is 11.6 Å². The number of phenols is 1. The normalized spacial score (nSPS) is 16.0. The average molecular weight is 385 g/mol. The molecular weight excluding hydrogens is 364 g/mol. The molecule has 6 heteroatoms. The predicted octanol–water partition coefficient (Wildman–Crippen LogP) is 3.47. The molecule has 0 bridgehead atoms. The van der Waals surface area contributed by atoms with Crippen LogP contribution in [0.3, 0.4) is 0 Å². The zero-order valence-corrected chi connectivity index (χ0v) is 15.7. The molecule has 0 radical (unpaired) electrons. The molecule has 1 aliphatic heterocycles. The zero-order chi connectivity index (χ0) is 18.8. The van der Waals surface area contributed by atoms with Crippen molar-refractivity contribution in [2.45, 2.75) is 13.1 Å². The summed E-state index contributed by atoms with van der Waals surface area (Å²) in [6.07, 6.45) is 0. The first-order valence-corrected chi connectivity index (χ1v) is 9.40. The summed E-state index contributed by atoms with van der Waals surface area (Å²) < 4.78 is 5.21. The molecule has 1 N–H and O–H groups in total. The Balaban J connectivity index is 1.46. The van der Waals surface area contributed by atoms with Gasteiger partial charge in [0.2, 0.25) is 0 Å². The number of benzene rings is 2. The molecule has 0 spiro atoms. The highest BCUT2D eigenvalue weighted by Gasteiger charge is 2.19. The fourth-order valence-electron chi connectivity index (χ4n) is 3.55. The number of phenolic OH excluding ortho intramolecular Hbond substituents is 1. The molecule has 0 atom stereocenters. The van der Waals surface area contributed by atoms with Gasteiger partial charge in [0.15, 0.2) is 0 Å². The minimum atomic E-state index is -0.415. The van der Waals surface area contributed by atoms with E-state index in [0.717, 1.165) is 43.7 Å². The van der Waals surface area contributed by atoms with Gasteiger partial charge < -0.3 is 9.52 Å². The summed E-state index contributed by atoms with van der Waals surface area (Å²) in [6, 6.07) is 15.1. The van der Waals surface area contributed by atoms with Crippen molar-refractivity contribution < 1.29 is 9.52 Å². The number of fused-ring (bicyclic) bond motifs is 1. The van der Waals surface area contributed by atoms with E-state index in [0.29, 0.717) is 12.1 Å². The second kappa shape index (κ2) is 7.72. The lowest BCUT2D eigenvalue weighted by atomic mass is 10.1. The van der Waals surface area contributed by atoms with Crippen molar-refractivity contribution in [1.29, 1.82) is 0 Å². The number of rotatable bonds is 4. The van der Waals surface area contributed by atoms with Crippen molar-refractivity contribution in [3.8, 4) is 5.75 Å². The van der Waals surface area contributed by atoms with Gasteiger partial charge in [-0.25, -0.2) is 4.79 Å². The van der Waals surface area contributed by atoms with Crippen LogP contribution < -0.4 is 5.63 Å². The van der Waals surface area contributed by atoms with Gasteiger partial charge in [0, 0.05) is 56.8 Å². The van der Waals surface area contributed by atoms with E-state index in [4.69, 9.17) is 16.0 Å². The predicted molar refractivity (Wildman–Crippen MR) is 106 cm³/mol. The Kier molecular flexibility index (Phi) is 5.16. The summed E-state index contributed by atoms with van der Waals surface area (Å²) in [5.41, 5.74) is 2.15. The number of aromatic hydroxyl groups is 1. The topological polar surface area (TPSA) is 56.9 Å². The number of nitrogens with zero attached hydrogens (tertiary/aromatic N) is 2. The molecule has 0 aliphatic carbocycles. The van der Waals surface area contributed by atoms with Crippen LogP contribution in [-0.4, -0.2) is 41.1 Å². The molecule has 5 nitrogen and oxygen atoms in total. The molecular formula is C21H21ClN2O3. The molecule has 4 rings (SSSR count). The third-order valence-corrected chi connectivity index (χ3v) is 5.31. The molecule has 1 aromatic heterocycles. The van der Waals surface area contributed by atoms with Crippen molar-refractivity contribution in [1.82, 2.24) is 9.80 Å². The first-order valence-electron chi connectivity index (χ1n) is 9.02. The van der Waals surface area contributed by atoms with Crippen LogP contribution in [0.5, 0.6) is 5.75 Å². The molecule has 0 unspecified atom stereocenters. The van der Waals surface area contributed by atoms with E-state index in [-0.39, 0.29) is 10.8 Å². The zero-order valence-electron chi connectivity index (χ0n) is 14.9. The van der Waals surface area contributed by atoms with E-state index >= 15 is 0 Å². The van der Waals surface area contributed by atoms with Crippen LogP contribution in [0, 0.1) is 0 Å². The van der Waals surface area contributed by atoms with Gasteiger partial charge in [0.25, 0.3) is 0 Å². The highest BCUT2D eigenvalue weighted by atomic mass is 35.5. The Morgan fingerprint density at radius 1 is 0.963 bits per heavy atom. The molecule has 2 heterocycles. The summed E-state index contributed by atoms with van der Waals surface area (Å²) in [4.78, 5) is 16.7. The van der Waals surface area contributed by atoms with Crippen LogP contribution in [0.15, 0.2) is 57.7 Å². The monoisotopic (exact) mass is 384 g/mol. The van der Waals surface area contributed by atoms with Crippen molar-refractivity contribution in [3.63, 3.8) is 0 Å². The lowest BCUT2D eigenvalue weighted by Gasteiger charge is -2.34. The van der Waals surface area contributed by atoms with Gasteiger partial charge in [0.05, 0.1) is 5.02 Å². The lowest BCUT2D eigenvalue weighted by molar-refractivity contribution is 0.122. The summed E-state index contributed by atoms with van der Waals surface area (Å²) in [6.45, 7) is 5.44. The minimum absolute atomic E-state index is 0.0843. The average Bonchev–Trinajstić information content (AvgIpc) is 2.66. The largest absolute Gasteiger partial charge is 0.506 e. The van der Waals surface area contributed by atoms with E-state index in [1.54, 1.807) is 6.07 Å². The SMILES string of the molecule is O=c1cc(CN2CCN(Cc3ccccc3)CC2)c2cc(Cl)c(O)cc2o1. The Morgan fingerprint density at radius 3 is 2.33 bits per heavy atom. The molecule has 2 aromatic carbocycles. The Bertz CT molecular complexity index is 995. The molecule has 3 aromatic rings. The molecule has 1 fully saturated rings. The van der Waals surface area contributed by atoms with Gasteiger partial charge in [-0.15, -0.1) is 0 Å². The summed E-state index contributed by atoms with van der Waals surface area (Å²) in [5.74, 6) is -0.0843. The molecule has 0 saturated carbocycles. The maximum Gasteiger partial charge on any atom is 0.336 e. The maximum absolute atomic E-state index is 11.9. The molecule has 140 valence electrons. The molecule has 1 saturated heterocycles. The quantitative estimate of drug-likeness (QED) is 0.698. The van der Waals surface area contributed by atoms with Crippen molar-refractivity contribution >= 4 is 22.6 Å². The summed E-state index contributed by atoms with van der Waals surface area (Å²) >= 11 is 6.05. The van der Waals surface area contributed by atoms with Crippen LogP contribution in [0.1, 0.15) is 11.1 Å². The Morgan fingerprint density at radius 2 is 1.63 bits per heavy atom. The van der Waals surface area contributed by atoms with E-state index < -0.39 is 5.63 Å². The van der Waals surface area contributed by atoms with Crippen molar-refractivity contribution in [3.05, 3.63) is 75.1 Å². The van der Waals surface area contributed by atoms with Crippen LogP contribution in [0.2, 0.25) is 5.02 Å². The summed E-state index contributed by atoms with van der Waals surface area (Å²) in [7, 11) is 0. The van der Waals surface area contributed by atoms with Gasteiger partial charge in [0.1, 0.15) is 11.3 Å². The van der Waals surface area contributed by atoms with Crippen molar-refractivity contribution in [2.24, 2.45) is 0 Å². The Hall–Kier alpha value is -2.34. The molecule has 1 aliphatic rings. The Labute approximate surface area is 162 Å². The first kappa shape index (κ1) is 18.0. The second-order valence-electron chi connectivity index (χ2n) is 6.93. The number of piperazine rings is 1. The fourth-order valence-corrected chi connectivity index (χ4v) is 3.72. The first-order chi connectivity index (χ1) is 13.1. The molecule has 27 heavy (non-hydrogen) atoms. The smallest absolute Gasteiger partial charge is 0.336 e. The van der Waals surface area contributed by atoms with Crippen LogP contribution in [0.4, 0.5) is 0 Å². The van der Waals surface area contributed by atoms with Gasteiger partial charge >= 0.3 is 5.63 Å². The lowest BCUT2D eigenvalue weighted by Crippen LogP contribution is -2.45. The maximum atomic E-state index is 11.9. The van der Waals surface area contributed by atoms with Gasteiger partial charge in [-0.05, 0) is 17.2 Å². The third kappa shape index (κ3) is 4.16. The van der Waals surface area contributed by atoms with Gasteiger partial charge in [-0.3, -0.25) is 9.80 Å². The van der Waals surface area contributed by atoms with Crippen LogP contribution in [-0.2, 0) is 13.1 Å². The van der Waals surface area contributed by atoms with E-state index in [1.165, 1.54) is 17.7 Å². The van der Waals surface area contributed by atoms with E-state index in [2.05, 4.69) is 34.1 Å². The fraction of sp³-hybridized carbons (Fsp3) is 0.286. The van der Waals surface area contributed by atoms with Crippen LogP contribution in [0.25, 0.3) is 11.0 Å². The standard InChI is InChI=1S/C21H21ClN2O3/c22-18-11-17-16(10-21(26)27-20(17)12-19(18)25)14-24-8-6-23(7-9-24)13-15-4-2-1-3-5-15/h1-5,10-12,25H,6-9,13-14H2. The van der Waals surface area contributed by atoms with Gasteiger partial charge in [-0.2, -0.15) is 0 Å². The number of halogens is 1. The highest BCUT2D eigenvalue weighted by Crippen LogP contribution is 2.30. The highest BCUT2D eigenvalue weighted by molar-refractivity contribution is 6.32. The number of hydrogen-bond acceptors (Lipinski definition) is 5. The minimum Gasteiger partial charge on any atom is -0.506 e.